The zero-order valence-electron chi connectivity index (χ0n) is 21.8. The van der Waals surface area contributed by atoms with Crippen LogP contribution in [0.5, 0.6) is 5.75 Å². The van der Waals surface area contributed by atoms with E-state index in [2.05, 4.69) is 15.0 Å². The van der Waals surface area contributed by atoms with Gasteiger partial charge in [-0.05, 0) is 60.7 Å². The summed E-state index contributed by atoms with van der Waals surface area (Å²) in [6.07, 6.45) is 2.79. The predicted molar refractivity (Wildman–Crippen MR) is 155 cm³/mol. The summed E-state index contributed by atoms with van der Waals surface area (Å²) in [5.74, 6) is 1.14. The number of anilines is 2. The van der Waals surface area contributed by atoms with Crippen molar-refractivity contribution >= 4 is 44.7 Å². The molecule has 0 saturated carbocycles. The quantitative estimate of drug-likeness (QED) is 0.225. The number of hydrogen-bond acceptors (Lipinski definition) is 8. The maximum absolute atomic E-state index is 11.8. The van der Waals surface area contributed by atoms with Gasteiger partial charge in [-0.1, -0.05) is 18.2 Å². The van der Waals surface area contributed by atoms with Gasteiger partial charge < -0.3 is 24.1 Å². The second-order valence-electron chi connectivity index (χ2n) is 9.03. The molecule has 12 heteroatoms. The van der Waals surface area contributed by atoms with E-state index in [-0.39, 0.29) is 6.04 Å². The van der Waals surface area contributed by atoms with Crippen molar-refractivity contribution in [2.45, 2.75) is 12.1 Å². The van der Waals surface area contributed by atoms with Gasteiger partial charge in [-0.15, -0.1) is 0 Å². The van der Waals surface area contributed by atoms with Gasteiger partial charge in [0.15, 0.2) is 5.11 Å². The maximum atomic E-state index is 11.8. The first-order valence-electron chi connectivity index (χ1n) is 12.1. The molecule has 3 heterocycles. The highest BCUT2D eigenvalue weighted by atomic mass is 32.2. The van der Waals surface area contributed by atoms with Crippen LogP contribution in [-0.2, 0) is 14.8 Å². The number of nitrogens with one attached hydrogen (secondary N) is 2. The monoisotopic (exact) mass is 578 g/mol. The third-order valence-electron chi connectivity index (χ3n) is 6.37. The summed E-state index contributed by atoms with van der Waals surface area (Å²) in [5, 5.41) is 3.80. The molecule has 4 aromatic rings. The Labute approximate surface area is 237 Å². The average Bonchev–Trinajstić information content (AvgIpc) is 3.57. The fraction of sp³-hybridized carbons (Fsp3) is 0.179. The van der Waals surface area contributed by atoms with Crippen molar-refractivity contribution in [1.82, 2.24) is 10.3 Å². The molecule has 1 saturated heterocycles. The standard InChI is InChI=1S/C28H26N4O6S2/c1-36-24-16-19(11-12-20(24)31-40(3,34)35)32-26(25(30-28(32)39)21-6-4-5-15-29-21)23-14-13-22(38-23)17-7-9-18(10-8-17)27(33)37-2/h4-16,25-26,31H,1-3H3,(H,30,39)/t25-,26-/m1/s1. The number of rotatable bonds is 8. The van der Waals surface area contributed by atoms with Gasteiger partial charge in [-0.2, -0.15) is 0 Å². The van der Waals surface area contributed by atoms with Crippen LogP contribution in [0.2, 0.25) is 0 Å². The molecule has 0 amide bonds. The number of furan rings is 1. The Kier molecular flexibility index (Phi) is 7.46. The number of sulfonamides is 1. The van der Waals surface area contributed by atoms with E-state index in [0.29, 0.717) is 39.3 Å². The predicted octanol–water partition coefficient (Wildman–Crippen LogP) is 4.69. The molecule has 0 spiro atoms. The van der Waals surface area contributed by atoms with Crippen molar-refractivity contribution in [3.05, 3.63) is 96.0 Å². The molecule has 2 aromatic carbocycles. The Morgan fingerprint density at radius 3 is 2.50 bits per heavy atom. The molecule has 0 aliphatic carbocycles. The van der Waals surface area contributed by atoms with Crippen LogP contribution in [0.25, 0.3) is 11.3 Å². The van der Waals surface area contributed by atoms with Crippen LogP contribution in [-0.4, -0.2) is 45.0 Å². The number of methoxy groups -OCH3 is 2. The summed E-state index contributed by atoms with van der Waals surface area (Å²) in [6.45, 7) is 0. The van der Waals surface area contributed by atoms with E-state index in [1.165, 1.54) is 14.2 Å². The van der Waals surface area contributed by atoms with Gasteiger partial charge >= 0.3 is 5.97 Å². The fourth-order valence-electron chi connectivity index (χ4n) is 4.59. The number of ether oxygens (including phenoxy) is 2. The Morgan fingerprint density at radius 2 is 1.85 bits per heavy atom. The van der Waals surface area contributed by atoms with E-state index < -0.39 is 22.0 Å². The zero-order valence-corrected chi connectivity index (χ0v) is 23.5. The molecular weight excluding hydrogens is 552 g/mol. The summed E-state index contributed by atoms with van der Waals surface area (Å²) in [6, 6.07) is 20.6. The molecular formula is C28H26N4O6S2. The van der Waals surface area contributed by atoms with E-state index in [4.69, 9.17) is 26.1 Å². The van der Waals surface area contributed by atoms with Crippen LogP contribution >= 0.6 is 12.2 Å². The number of aromatic nitrogens is 1. The SMILES string of the molecule is COC(=O)c1ccc(-c2ccc([C@@H]3[C@@H](c4ccccn4)NC(=S)N3c3ccc(NS(C)(=O)=O)c(OC)c3)o2)cc1. The average molecular weight is 579 g/mol. The lowest BCUT2D eigenvalue weighted by molar-refractivity contribution is 0.0600. The Morgan fingerprint density at radius 1 is 1.07 bits per heavy atom. The van der Waals surface area contributed by atoms with Crippen molar-refractivity contribution in [2.75, 3.05) is 30.1 Å². The number of hydrogen-bond donors (Lipinski definition) is 2. The van der Waals surface area contributed by atoms with Gasteiger partial charge in [0.25, 0.3) is 0 Å². The molecule has 2 aromatic heterocycles. The highest BCUT2D eigenvalue weighted by molar-refractivity contribution is 7.92. The minimum atomic E-state index is -3.51. The van der Waals surface area contributed by atoms with Crippen molar-refractivity contribution in [2.24, 2.45) is 0 Å². The summed E-state index contributed by atoms with van der Waals surface area (Å²) >= 11 is 5.78. The first-order valence-corrected chi connectivity index (χ1v) is 14.4. The molecule has 0 radical (unpaired) electrons. The van der Waals surface area contributed by atoms with E-state index in [1.54, 1.807) is 48.7 Å². The van der Waals surface area contributed by atoms with Crippen LogP contribution in [0.3, 0.4) is 0 Å². The number of nitrogens with zero attached hydrogens (tertiary/aromatic N) is 2. The van der Waals surface area contributed by atoms with Crippen LogP contribution in [0.15, 0.2) is 83.4 Å². The van der Waals surface area contributed by atoms with Crippen LogP contribution in [0.4, 0.5) is 11.4 Å². The van der Waals surface area contributed by atoms with Gasteiger partial charge in [0.05, 0.1) is 43.5 Å². The normalized spacial score (nSPS) is 16.9. The summed E-state index contributed by atoms with van der Waals surface area (Å²) in [5.41, 5.74) is 2.95. The number of benzene rings is 2. The molecule has 2 atom stereocenters. The summed E-state index contributed by atoms with van der Waals surface area (Å²) in [4.78, 5) is 18.3. The minimum Gasteiger partial charge on any atom is -0.494 e. The van der Waals surface area contributed by atoms with Gasteiger partial charge in [-0.25, -0.2) is 13.2 Å². The van der Waals surface area contributed by atoms with Crippen LogP contribution in [0, 0.1) is 0 Å². The molecule has 0 bridgehead atoms. The van der Waals surface area contributed by atoms with E-state index in [0.717, 1.165) is 17.5 Å². The molecule has 40 heavy (non-hydrogen) atoms. The van der Waals surface area contributed by atoms with Gasteiger partial charge in [-0.3, -0.25) is 9.71 Å². The number of pyridine rings is 1. The van der Waals surface area contributed by atoms with Crippen LogP contribution in [0.1, 0.15) is 33.9 Å². The van der Waals surface area contributed by atoms with Gasteiger partial charge in [0.2, 0.25) is 10.0 Å². The molecule has 1 fully saturated rings. The Bertz CT molecular complexity index is 1660. The van der Waals surface area contributed by atoms with Gasteiger partial charge in [0, 0.05) is 23.5 Å². The summed E-state index contributed by atoms with van der Waals surface area (Å²) < 4.78 is 42.8. The first-order chi connectivity index (χ1) is 19.2. The second-order valence-corrected chi connectivity index (χ2v) is 11.2. The van der Waals surface area contributed by atoms with Crippen LogP contribution < -0.4 is 19.7 Å². The molecule has 206 valence electrons. The molecule has 5 rings (SSSR count). The lowest BCUT2D eigenvalue weighted by Crippen LogP contribution is -2.29. The van der Waals surface area contributed by atoms with Crippen molar-refractivity contribution in [3.8, 4) is 17.1 Å². The second kappa shape index (κ2) is 11.0. The third kappa shape index (κ3) is 5.49. The lowest BCUT2D eigenvalue weighted by atomic mass is 10.0. The molecule has 2 N–H and O–H groups in total. The van der Waals surface area contributed by atoms with Crippen molar-refractivity contribution in [1.29, 1.82) is 0 Å². The Balaban J connectivity index is 1.56. The maximum Gasteiger partial charge on any atom is 0.337 e. The third-order valence-corrected chi connectivity index (χ3v) is 7.27. The van der Waals surface area contributed by atoms with Gasteiger partial charge in [0.1, 0.15) is 23.3 Å². The number of thiocarbonyl (C=S) groups is 1. The van der Waals surface area contributed by atoms with E-state index in [9.17, 15) is 13.2 Å². The number of carbonyl (C=O) groups is 1. The minimum absolute atomic E-state index is 0.306. The summed E-state index contributed by atoms with van der Waals surface area (Å²) in [7, 11) is -0.713. The highest BCUT2D eigenvalue weighted by Gasteiger charge is 2.43. The topological polar surface area (TPSA) is 123 Å². The molecule has 0 unspecified atom stereocenters. The number of carbonyl (C=O) groups excluding carboxylic acids is 1. The molecule has 1 aliphatic heterocycles. The smallest absolute Gasteiger partial charge is 0.337 e. The lowest BCUT2D eigenvalue weighted by Gasteiger charge is -2.27. The highest BCUT2D eigenvalue weighted by Crippen LogP contribution is 2.44. The van der Waals surface area contributed by atoms with Crippen molar-refractivity contribution in [3.63, 3.8) is 0 Å². The first kappa shape index (κ1) is 27.2. The zero-order chi connectivity index (χ0) is 28.4. The number of esters is 1. The van der Waals surface area contributed by atoms with E-state index >= 15 is 0 Å². The molecule has 10 nitrogen and oxygen atoms in total. The molecule has 1 aliphatic rings. The van der Waals surface area contributed by atoms with Crippen molar-refractivity contribution < 1.29 is 27.1 Å². The fourth-order valence-corrected chi connectivity index (χ4v) is 5.51. The van der Waals surface area contributed by atoms with E-state index in [1.807, 2.05) is 35.2 Å². The largest absolute Gasteiger partial charge is 0.494 e. The Hall–Kier alpha value is -4.42.